The maximum atomic E-state index is 12.3. The molecule has 1 saturated heterocycles. The zero-order valence-electron chi connectivity index (χ0n) is 16.2. The summed E-state index contributed by atoms with van der Waals surface area (Å²) in [6, 6.07) is 15.8. The first-order valence-electron chi connectivity index (χ1n) is 9.49. The molecule has 0 spiro atoms. The maximum Gasteiger partial charge on any atom is 0.387 e. The number of piperazine rings is 1. The molecule has 0 saturated carbocycles. The number of carbonyl (C=O) groups is 2. The van der Waals surface area contributed by atoms with Crippen LogP contribution in [0.1, 0.15) is 5.56 Å². The standard InChI is InChI=1S/C22H22F2N2O4/c23-22(24)30-19-9-6-17(7-10-19)8-11-21(28)29-16-20(27)26-14-12-25(13-15-26)18-4-2-1-3-5-18/h1-11,22H,12-16H2/b11-8+. The summed E-state index contributed by atoms with van der Waals surface area (Å²) in [4.78, 5) is 28.0. The normalized spacial score (nSPS) is 14.2. The van der Waals surface area contributed by atoms with Crippen LogP contribution in [0.4, 0.5) is 14.5 Å². The van der Waals surface area contributed by atoms with E-state index < -0.39 is 12.6 Å². The molecule has 8 heteroatoms. The third-order valence-electron chi connectivity index (χ3n) is 4.61. The van der Waals surface area contributed by atoms with Crippen LogP contribution in [0.2, 0.25) is 0 Å². The van der Waals surface area contributed by atoms with E-state index in [0.717, 1.165) is 18.8 Å². The monoisotopic (exact) mass is 416 g/mol. The number of benzene rings is 2. The Morgan fingerprint density at radius 1 is 0.967 bits per heavy atom. The van der Waals surface area contributed by atoms with Crippen molar-refractivity contribution >= 4 is 23.6 Å². The van der Waals surface area contributed by atoms with E-state index in [0.29, 0.717) is 18.7 Å². The van der Waals surface area contributed by atoms with Gasteiger partial charge in [-0.2, -0.15) is 8.78 Å². The largest absolute Gasteiger partial charge is 0.452 e. The van der Waals surface area contributed by atoms with E-state index >= 15 is 0 Å². The van der Waals surface area contributed by atoms with E-state index in [9.17, 15) is 18.4 Å². The second kappa shape index (κ2) is 10.4. The second-order valence-corrected chi connectivity index (χ2v) is 6.59. The molecule has 0 radical (unpaired) electrons. The van der Waals surface area contributed by atoms with Gasteiger partial charge in [0, 0.05) is 37.9 Å². The predicted molar refractivity (Wildman–Crippen MR) is 108 cm³/mol. The van der Waals surface area contributed by atoms with E-state index in [1.165, 1.54) is 36.4 Å². The SMILES string of the molecule is O=C(/C=C/c1ccc(OC(F)F)cc1)OCC(=O)N1CCN(c2ccccc2)CC1. The minimum absolute atomic E-state index is 0.0303. The highest BCUT2D eigenvalue weighted by Gasteiger charge is 2.21. The second-order valence-electron chi connectivity index (χ2n) is 6.59. The van der Waals surface area contributed by atoms with Crippen LogP contribution >= 0.6 is 0 Å². The highest BCUT2D eigenvalue weighted by molar-refractivity contribution is 5.89. The van der Waals surface area contributed by atoms with Gasteiger partial charge in [-0.15, -0.1) is 0 Å². The molecule has 6 nitrogen and oxygen atoms in total. The molecule has 1 fully saturated rings. The lowest BCUT2D eigenvalue weighted by atomic mass is 10.2. The number of esters is 1. The fourth-order valence-corrected chi connectivity index (χ4v) is 3.05. The molecule has 1 heterocycles. The van der Waals surface area contributed by atoms with Gasteiger partial charge in [-0.25, -0.2) is 4.79 Å². The first-order valence-corrected chi connectivity index (χ1v) is 9.49. The van der Waals surface area contributed by atoms with E-state index in [-0.39, 0.29) is 18.3 Å². The summed E-state index contributed by atoms with van der Waals surface area (Å²) < 4.78 is 33.5. The van der Waals surface area contributed by atoms with Crippen molar-refractivity contribution in [3.63, 3.8) is 0 Å². The number of hydrogen-bond donors (Lipinski definition) is 0. The molecule has 3 rings (SSSR count). The van der Waals surface area contributed by atoms with Gasteiger partial charge in [0.15, 0.2) is 6.61 Å². The van der Waals surface area contributed by atoms with Crippen molar-refractivity contribution in [1.29, 1.82) is 0 Å². The lowest BCUT2D eigenvalue weighted by Gasteiger charge is -2.36. The van der Waals surface area contributed by atoms with E-state index in [2.05, 4.69) is 9.64 Å². The molecule has 2 aromatic rings. The van der Waals surface area contributed by atoms with Gasteiger partial charge < -0.3 is 19.3 Å². The van der Waals surface area contributed by atoms with Crippen molar-refractivity contribution in [2.75, 3.05) is 37.7 Å². The van der Waals surface area contributed by atoms with Crippen LogP contribution < -0.4 is 9.64 Å². The van der Waals surface area contributed by atoms with Gasteiger partial charge in [-0.1, -0.05) is 30.3 Å². The maximum absolute atomic E-state index is 12.3. The first-order chi connectivity index (χ1) is 14.5. The van der Waals surface area contributed by atoms with Crippen molar-refractivity contribution in [2.24, 2.45) is 0 Å². The number of carbonyl (C=O) groups excluding carboxylic acids is 2. The number of rotatable bonds is 7. The first kappa shape index (κ1) is 21.3. The number of para-hydroxylation sites is 1. The summed E-state index contributed by atoms with van der Waals surface area (Å²) in [5, 5.41) is 0. The van der Waals surface area contributed by atoms with Gasteiger partial charge in [-0.3, -0.25) is 4.79 Å². The number of nitrogens with zero attached hydrogens (tertiary/aromatic N) is 2. The van der Waals surface area contributed by atoms with Gasteiger partial charge >= 0.3 is 12.6 Å². The summed E-state index contributed by atoms with van der Waals surface area (Å²) in [6.45, 7) is -0.651. The molecule has 1 aliphatic heterocycles. The fourth-order valence-electron chi connectivity index (χ4n) is 3.05. The molecule has 0 bridgehead atoms. The van der Waals surface area contributed by atoms with Crippen LogP contribution in [0.3, 0.4) is 0 Å². The van der Waals surface area contributed by atoms with Crippen molar-refractivity contribution in [3.8, 4) is 5.75 Å². The topological polar surface area (TPSA) is 59.1 Å². The third kappa shape index (κ3) is 6.30. The highest BCUT2D eigenvalue weighted by atomic mass is 19.3. The quantitative estimate of drug-likeness (QED) is 0.513. The molecule has 158 valence electrons. The van der Waals surface area contributed by atoms with Crippen LogP contribution in [0.25, 0.3) is 6.08 Å². The van der Waals surface area contributed by atoms with Crippen LogP contribution in [0.5, 0.6) is 5.75 Å². The Labute approximate surface area is 173 Å². The zero-order valence-corrected chi connectivity index (χ0v) is 16.2. The Bertz CT molecular complexity index is 864. The summed E-state index contributed by atoms with van der Waals surface area (Å²) in [6.07, 6.45) is 2.65. The molecule has 0 aromatic heterocycles. The summed E-state index contributed by atoms with van der Waals surface area (Å²) >= 11 is 0. The Morgan fingerprint density at radius 2 is 1.63 bits per heavy atom. The van der Waals surface area contributed by atoms with Crippen molar-refractivity contribution < 1.29 is 27.8 Å². The summed E-state index contributed by atoms with van der Waals surface area (Å²) in [5.74, 6) is -0.861. The average molecular weight is 416 g/mol. The molecule has 30 heavy (non-hydrogen) atoms. The molecule has 0 atom stereocenters. The number of alkyl halides is 2. The Morgan fingerprint density at radius 3 is 2.27 bits per heavy atom. The van der Waals surface area contributed by atoms with Gasteiger partial charge in [-0.05, 0) is 35.9 Å². The Hall–Kier alpha value is -3.42. The minimum atomic E-state index is -2.89. The van der Waals surface area contributed by atoms with Gasteiger partial charge in [0.05, 0.1) is 0 Å². The Kier molecular flexibility index (Phi) is 7.37. The highest BCUT2D eigenvalue weighted by Crippen LogP contribution is 2.16. The fraction of sp³-hybridized carbons (Fsp3) is 0.273. The lowest BCUT2D eigenvalue weighted by molar-refractivity contribution is -0.148. The molecular formula is C22H22F2N2O4. The number of halogens is 2. The number of hydrogen-bond acceptors (Lipinski definition) is 5. The summed E-state index contributed by atoms with van der Waals surface area (Å²) in [7, 11) is 0. The minimum Gasteiger partial charge on any atom is -0.452 e. The third-order valence-corrected chi connectivity index (χ3v) is 4.61. The van der Waals surface area contributed by atoms with Crippen LogP contribution in [-0.4, -0.2) is 56.2 Å². The van der Waals surface area contributed by atoms with Crippen molar-refractivity contribution in [1.82, 2.24) is 4.90 Å². The van der Waals surface area contributed by atoms with Crippen LogP contribution in [-0.2, 0) is 14.3 Å². The van der Waals surface area contributed by atoms with E-state index in [1.54, 1.807) is 4.90 Å². The predicted octanol–water partition coefficient (Wildman–Crippen LogP) is 3.19. The number of anilines is 1. The van der Waals surface area contributed by atoms with Gasteiger partial charge in [0.1, 0.15) is 5.75 Å². The molecule has 0 unspecified atom stereocenters. The van der Waals surface area contributed by atoms with E-state index in [1.807, 2.05) is 30.3 Å². The lowest BCUT2D eigenvalue weighted by Crippen LogP contribution is -2.49. The average Bonchev–Trinajstić information content (AvgIpc) is 2.77. The zero-order chi connectivity index (χ0) is 21.3. The van der Waals surface area contributed by atoms with Gasteiger partial charge in [0.25, 0.3) is 5.91 Å². The molecular weight excluding hydrogens is 394 g/mol. The Balaban J connectivity index is 1.40. The molecule has 1 aliphatic rings. The number of ether oxygens (including phenoxy) is 2. The molecule has 0 N–H and O–H groups in total. The van der Waals surface area contributed by atoms with E-state index in [4.69, 9.17) is 4.74 Å². The van der Waals surface area contributed by atoms with Gasteiger partial charge in [0.2, 0.25) is 0 Å². The smallest absolute Gasteiger partial charge is 0.387 e. The van der Waals surface area contributed by atoms with Crippen molar-refractivity contribution in [3.05, 3.63) is 66.2 Å². The van der Waals surface area contributed by atoms with Crippen molar-refractivity contribution in [2.45, 2.75) is 6.61 Å². The molecule has 0 aliphatic carbocycles. The number of amides is 1. The summed E-state index contributed by atoms with van der Waals surface area (Å²) in [5.41, 5.74) is 1.73. The van der Waals surface area contributed by atoms with Crippen LogP contribution in [0.15, 0.2) is 60.7 Å². The molecule has 1 amide bonds. The molecule has 2 aromatic carbocycles. The van der Waals surface area contributed by atoms with Crippen LogP contribution in [0, 0.1) is 0 Å².